The van der Waals surface area contributed by atoms with Crippen LogP contribution in [-0.2, 0) is 4.79 Å². The molecule has 0 bridgehead atoms. The third kappa shape index (κ3) is 2.87. The molecule has 7 heteroatoms. The summed E-state index contributed by atoms with van der Waals surface area (Å²) in [4.78, 5) is 27.1. The number of carbonyl (C=O) groups excluding carboxylic acids is 2. The van der Waals surface area contributed by atoms with Gasteiger partial charge in [0, 0.05) is 32.6 Å². The number of carbonyl (C=O) groups is 2. The van der Waals surface area contributed by atoms with E-state index in [1.165, 1.54) is 17.0 Å². The first kappa shape index (κ1) is 15.4. The molecule has 1 aromatic rings. The number of amides is 3. The molecule has 1 heterocycles. The maximum atomic E-state index is 12.3. The Morgan fingerprint density at radius 2 is 1.85 bits per heavy atom. The van der Waals surface area contributed by atoms with E-state index in [1.54, 1.807) is 13.0 Å². The van der Waals surface area contributed by atoms with Gasteiger partial charge in [-0.05, 0) is 29.1 Å². The first-order chi connectivity index (χ1) is 9.45. The molecule has 0 spiro atoms. The number of nitrogens with zero attached hydrogens (tertiary/aromatic N) is 2. The number of hydrogen-bond donors (Lipinski definition) is 0. The fourth-order valence-corrected chi connectivity index (χ4v) is 2.62. The topological polar surface area (TPSA) is 40.6 Å². The van der Waals surface area contributed by atoms with Crippen LogP contribution in [0.25, 0.3) is 0 Å². The average molecular weight is 423 g/mol. The third-order valence-corrected chi connectivity index (χ3v) is 3.72. The summed E-state index contributed by atoms with van der Waals surface area (Å²) >= 11 is 13.7. The first-order valence-corrected chi connectivity index (χ1v) is 7.48. The SMILES string of the molecule is CC1C(=O)N(c2cc(Cl)cc(Cl)c2)C(=O)N1CC#CI. The smallest absolute Gasteiger partial charge is 0.301 e. The molecule has 0 N–H and O–H groups in total. The molecule has 4 nitrogen and oxygen atoms in total. The summed E-state index contributed by atoms with van der Waals surface area (Å²) < 4.78 is 2.68. The lowest BCUT2D eigenvalue weighted by Gasteiger charge is -2.16. The average Bonchev–Trinajstić information content (AvgIpc) is 2.57. The molecule has 0 aliphatic carbocycles. The van der Waals surface area contributed by atoms with Crippen molar-refractivity contribution in [2.24, 2.45) is 0 Å². The quantitative estimate of drug-likeness (QED) is 0.415. The van der Waals surface area contributed by atoms with Crippen LogP contribution in [0, 0.1) is 9.85 Å². The van der Waals surface area contributed by atoms with Crippen molar-refractivity contribution < 1.29 is 9.59 Å². The van der Waals surface area contributed by atoms with Gasteiger partial charge in [0.25, 0.3) is 5.91 Å². The van der Waals surface area contributed by atoms with Gasteiger partial charge in [-0.15, -0.1) is 0 Å². The van der Waals surface area contributed by atoms with Crippen LogP contribution < -0.4 is 4.90 Å². The minimum Gasteiger partial charge on any atom is -0.301 e. The predicted octanol–water partition coefficient (Wildman–Crippen LogP) is 3.55. The Hall–Kier alpha value is -0.970. The highest BCUT2D eigenvalue weighted by Gasteiger charge is 2.43. The molecule has 1 fully saturated rings. The molecule has 2 rings (SSSR count). The number of halogens is 3. The van der Waals surface area contributed by atoms with E-state index < -0.39 is 12.1 Å². The molecule has 0 saturated carbocycles. The van der Waals surface area contributed by atoms with Gasteiger partial charge < -0.3 is 4.90 Å². The lowest BCUT2D eigenvalue weighted by Crippen LogP contribution is -2.34. The van der Waals surface area contributed by atoms with Gasteiger partial charge in [0.05, 0.1) is 12.2 Å². The number of rotatable bonds is 2. The van der Waals surface area contributed by atoms with Crippen LogP contribution in [0.15, 0.2) is 18.2 Å². The zero-order chi connectivity index (χ0) is 14.9. The molecular weight excluding hydrogens is 414 g/mol. The standard InChI is InChI=1S/C13H9Cl2IN2O2/c1-8-12(19)18(13(20)17(8)4-2-3-16)11-6-9(14)5-10(15)7-11/h5-8H,4H2,1H3. The van der Waals surface area contributed by atoms with Gasteiger partial charge >= 0.3 is 6.03 Å². The van der Waals surface area contributed by atoms with Gasteiger partial charge in [0.1, 0.15) is 6.04 Å². The Bertz CT molecular complexity index is 619. The van der Waals surface area contributed by atoms with Crippen LogP contribution in [0.2, 0.25) is 10.0 Å². The predicted molar refractivity (Wildman–Crippen MR) is 87.3 cm³/mol. The Morgan fingerprint density at radius 1 is 1.25 bits per heavy atom. The van der Waals surface area contributed by atoms with Crippen LogP contribution in [0.3, 0.4) is 0 Å². The van der Waals surface area contributed by atoms with Gasteiger partial charge in [0.15, 0.2) is 0 Å². The lowest BCUT2D eigenvalue weighted by molar-refractivity contribution is -0.119. The third-order valence-electron chi connectivity index (χ3n) is 2.90. The van der Waals surface area contributed by atoms with Gasteiger partial charge in [-0.25, -0.2) is 9.69 Å². The highest BCUT2D eigenvalue weighted by Crippen LogP contribution is 2.30. The van der Waals surface area contributed by atoms with E-state index in [-0.39, 0.29) is 12.5 Å². The summed E-state index contributed by atoms with van der Waals surface area (Å²) in [6.45, 7) is 1.88. The Balaban J connectivity index is 2.38. The Kier molecular flexibility index (Phi) is 4.78. The molecule has 0 radical (unpaired) electrons. The van der Waals surface area contributed by atoms with Crippen molar-refractivity contribution in [2.75, 3.05) is 11.4 Å². The minimum atomic E-state index is -0.558. The minimum absolute atomic E-state index is 0.208. The van der Waals surface area contributed by atoms with Gasteiger partial charge in [-0.2, -0.15) is 0 Å². The van der Waals surface area contributed by atoms with E-state index in [1.807, 2.05) is 22.6 Å². The Morgan fingerprint density at radius 3 is 2.40 bits per heavy atom. The van der Waals surface area contributed by atoms with Crippen molar-refractivity contribution in [1.82, 2.24) is 4.90 Å². The van der Waals surface area contributed by atoms with E-state index in [4.69, 9.17) is 23.2 Å². The second-order valence-electron chi connectivity index (χ2n) is 4.16. The number of imide groups is 1. The molecule has 1 unspecified atom stereocenters. The van der Waals surface area contributed by atoms with Crippen molar-refractivity contribution >= 4 is 63.4 Å². The Labute approximate surface area is 140 Å². The van der Waals surface area contributed by atoms with E-state index in [0.717, 1.165) is 4.90 Å². The number of hydrogen-bond acceptors (Lipinski definition) is 2. The van der Waals surface area contributed by atoms with E-state index in [0.29, 0.717) is 15.7 Å². The van der Waals surface area contributed by atoms with Crippen molar-refractivity contribution in [3.63, 3.8) is 0 Å². The van der Waals surface area contributed by atoms with Crippen LogP contribution in [0.4, 0.5) is 10.5 Å². The van der Waals surface area contributed by atoms with Gasteiger partial charge in [-0.3, -0.25) is 4.79 Å². The van der Waals surface area contributed by atoms with E-state index in [2.05, 4.69) is 9.85 Å². The lowest BCUT2D eigenvalue weighted by atomic mass is 10.2. The molecule has 0 aromatic heterocycles. The molecular formula is C13H9Cl2IN2O2. The highest BCUT2D eigenvalue weighted by molar-refractivity contribution is 14.1. The van der Waals surface area contributed by atoms with E-state index in [9.17, 15) is 9.59 Å². The summed E-state index contributed by atoms with van der Waals surface area (Å²) in [7, 11) is 0. The summed E-state index contributed by atoms with van der Waals surface area (Å²) in [5.41, 5.74) is 0.370. The summed E-state index contributed by atoms with van der Waals surface area (Å²) in [6.07, 6.45) is 0. The van der Waals surface area contributed by atoms with Crippen molar-refractivity contribution in [1.29, 1.82) is 0 Å². The number of benzene rings is 1. The fraction of sp³-hybridized carbons (Fsp3) is 0.231. The van der Waals surface area contributed by atoms with Crippen LogP contribution in [0.1, 0.15) is 6.92 Å². The first-order valence-electron chi connectivity index (χ1n) is 5.65. The molecule has 1 atom stereocenters. The molecule has 20 heavy (non-hydrogen) atoms. The zero-order valence-corrected chi connectivity index (χ0v) is 14.0. The number of urea groups is 1. The van der Waals surface area contributed by atoms with Crippen LogP contribution in [0.5, 0.6) is 0 Å². The van der Waals surface area contributed by atoms with Crippen molar-refractivity contribution in [3.8, 4) is 9.85 Å². The largest absolute Gasteiger partial charge is 0.332 e. The van der Waals surface area contributed by atoms with Gasteiger partial charge in [0.2, 0.25) is 0 Å². The second-order valence-corrected chi connectivity index (χ2v) is 5.57. The summed E-state index contributed by atoms with van der Waals surface area (Å²) in [5, 5.41) is 0.734. The molecule has 104 valence electrons. The van der Waals surface area contributed by atoms with Crippen LogP contribution in [-0.4, -0.2) is 29.4 Å². The summed E-state index contributed by atoms with van der Waals surface area (Å²) in [6, 6.07) is 3.63. The molecule has 1 saturated heterocycles. The number of anilines is 1. The van der Waals surface area contributed by atoms with Crippen molar-refractivity contribution in [2.45, 2.75) is 13.0 Å². The summed E-state index contributed by atoms with van der Waals surface area (Å²) in [5.74, 6) is 2.46. The van der Waals surface area contributed by atoms with Gasteiger partial charge in [-0.1, -0.05) is 29.1 Å². The molecule has 1 aliphatic heterocycles. The second kappa shape index (κ2) is 6.20. The van der Waals surface area contributed by atoms with Crippen molar-refractivity contribution in [3.05, 3.63) is 28.2 Å². The molecule has 1 aliphatic rings. The maximum absolute atomic E-state index is 12.3. The fourth-order valence-electron chi connectivity index (χ4n) is 1.93. The molecule has 1 aromatic carbocycles. The monoisotopic (exact) mass is 422 g/mol. The maximum Gasteiger partial charge on any atom is 0.332 e. The normalized spacial score (nSPS) is 18.3. The highest BCUT2D eigenvalue weighted by atomic mass is 127. The zero-order valence-electron chi connectivity index (χ0n) is 10.4. The van der Waals surface area contributed by atoms with Crippen LogP contribution >= 0.6 is 45.8 Å². The molecule has 3 amide bonds. The van der Waals surface area contributed by atoms with E-state index >= 15 is 0 Å².